The normalized spacial score (nSPS) is 12.4. The molecule has 2 aromatic carbocycles. The minimum Gasteiger partial charge on any atom is -0.465 e. The predicted octanol–water partition coefficient (Wildman–Crippen LogP) is 2.49. The molecule has 8 nitrogen and oxygen atoms in total. The van der Waals surface area contributed by atoms with E-state index in [1.165, 1.54) is 30.3 Å². The summed E-state index contributed by atoms with van der Waals surface area (Å²) in [5.74, 6) is -0.844. The fourth-order valence-electron chi connectivity index (χ4n) is 2.24. The summed E-state index contributed by atoms with van der Waals surface area (Å²) in [6.45, 7) is 3.43. The highest BCUT2D eigenvalue weighted by Crippen LogP contribution is 2.23. The average molecular weight is 378 g/mol. The molecule has 0 fully saturated rings. The summed E-state index contributed by atoms with van der Waals surface area (Å²) in [7, 11) is -4.04. The second kappa shape index (κ2) is 8.07. The average Bonchev–Trinajstić information content (AvgIpc) is 2.60. The Bertz CT molecular complexity index is 909. The zero-order valence-electron chi connectivity index (χ0n) is 14.2. The number of rotatable bonds is 7. The van der Waals surface area contributed by atoms with Crippen LogP contribution in [0.4, 0.5) is 5.69 Å². The van der Waals surface area contributed by atoms with Crippen LogP contribution in [0.5, 0.6) is 0 Å². The van der Waals surface area contributed by atoms with Crippen LogP contribution in [0.15, 0.2) is 53.4 Å². The molecule has 9 heteroatoms. The minimum atomic E-state index is -4.04. The quantitative estimate of drug-likeness (QED) is 0.449. The van der Waals surface area contributed by atoms with Crippen molar-refractivity contribution in [1.82, 2.24) is 4.72 Å². The second-order valence-corrected chi connectivity index (χ2v) is 7.19. The highest BCUT2D eigenvalue weighted by Gasteiger charge is 2.29. The van der Waals surface area contributed by atoms with E-state index in [4.69, 9.17) is 4.74 Å². The van der Waals surface area contributed by atoms with Crippen molar-refractivity contribution in [3.05, 3.63) is 69.8 Å². The maximum atomic E-state index is 12.6. The molecule has 0 aliphatic heterocycles. The number of non-ortho nitro benzene ring substituents is 1. The lowest BCUT2D eigenvalue weighted by atomic mass is 10.1. The molecule has 0 saturated heterocycles. The van der Waals surface area contributed by atoms with Gasteiger partial charge in [-0.25, -0.2) is 13.2 Å². The van der Waals surface area contributed by atoms with Crippen molar-refractivity contribution in [2.75, 3.05) is 6.61 Å². The Morgan fingerprint density at radius 3 is 2.46 bits per heavy atom. The highest BCUT2D eigenvalue weighted by atomic mass is 32.2. The van der Waals surface area contributed by atoms with Gasteiger partial charge < -0.3 is 4.74 Å². The smallest absolute Gasteiger partial charge is 0.328 e. The first-order valence-electron chi connectivity index (χ1n) is 7.74. The Hall–Kier alpha value is -2.78. The van der Waals surface area contributed by atoms with Crippen molar-refractivity contribution < 1.29 is 22.9 Å². The van der Waals surface area contributed by atoms with Crippen molar-refractivity contribution in [3.63, 3.8) is 0 Å². The molecule has 0 bridgehead atoms. The van der Waals surface area contributed by atoms with E-state index < -0.39 is 27.0 Å². The highest BCUT2D eigenvalue weighted by molar-refractivity contribution is 7.89. The number of nitro benzene ring substituents is 1. The molecule has 2 aromatic rings. The molecule has 0 aromatic heterocycles. The van der Waals surface area contributed by atoms with Gasteiger partial charge in [-0.3, -0.25) is 10.1 Å². The molecule has 2 rings (SSSR count). The standard InChI is InChI=1S/C17H18N2O6S/c1-3-25-17(20)16(13-5-4-6-14(11-13)19(21)22)18-26(23,24)15-9-7-12(2)8-10-15/h4-11,16,18H,3H2,1-2H3/t16-/m0/s1. The summed E-state index contributed by atoms with van der Waals surface area (Å²) >= 11 is 0. The SMILES string of the molecule is CCOC(=O)[C@@H](NS(=O)(=O)c1ccc(C)cc1)c1cccc([N+](=O)[O-])c1. The van der Waals surface area contributed by atoms with Crippen molar-refractivity contribution in [2.24, 2.45) is 0 Å². The summed E-state index contributed by atoms with van der Waals surface area (Å²) in [5, 5.41) is 11.0. The molecular formula is C17H18N2O6S. The van der Waals surface area contributed by atoms with E-state index in [1.807, 2.05) is 6.92 Å². The Labute approximate surface area is 151 Å². The summed E-state index contributed by atoms with van der Waals surface area (Å²) in [6, 6.07) is 9.86. The van der Waals surface area contributed by atoms with E-state index in [2.05, 4.69) is 4.72 Å². The Morgan fingerprint density at radius 1 is 1.23 bits per heavy atom. The van der Waals surface area contributed by atoms with Crippen LogP contribution in [0.1, 0.15) is 24.1 Å². The van der Waals surface area contributed by atoms with Crippen molar-refractivity contribution in [3.8, 4) is 0 Å². The molecule has 0 aliphatic carbocycles. The van der Waals surface area contributed by atoms with Gasteiger partial charge >= 0.3 is 5.97 Å². The maximum Gasteiger partial charge on any atom is 0.328 e. The van der Waals surface area contributed by atoms with Gasteiger partial charge in [0.05, 0.1) is 16.4 Å². The lowest BCUT2D eigenvalue weighted by Crippen LogP contribution is -2.35. The van der Waals surface area contributed by atoms with Crippen molar-refractivity contribution in [1.29, 1.82) is 0 Å². The van der Waals surface area contributed by atoms with Gasteiger partial charge in [0.15, 0.2) is 0 Å². The molecule has 0 saturated carbocycles. The van der Waals surface area contributed by atoms with Gasteiger partial charge in [-0.1, -0.05) is 29.8 Å². The number of carbonyl (C=O) groups is 1. The lowest BCUT2D eigenvalue weighted by molar-refractivity contribution is -0.384. The number of hydrogen-bond acceptors (Lipinski definition) is 6. The number of aryl methyl sites for hydroxylation is 1. The van der Waals surface area contributed by atoms with Gasteiger partial charge in [0.1, 0.15) is 6.04 Å². The number of ether oxygens (including phenoxy) is 1. The maximum absolute atomic E-state index is 12.6. The number of hydrogen-bond donors (Lipinski definition) is 1. The van der Waals surface area contributed by atoms with Gasteiger partial charge in [0.2, 0.25) is 10.0 Å². The van der Waals surface area contributed by atoms with Crippen LogP contribution in [-0.4, -0.2) is 25.9 Å². The summed E-state index contributed by atoms with van der Waals surface area (Å²) in [4.78, 5) is 22.6. The van der Waals surface area contributed by atoms with Crippen molar-refractivity contribution in [2.45, 2.75) is 24.8 Å². The number of nitro groups is 1. The minimum absolute atomic E-state index is 0.0252. The van der Waals surface area contributed by atoms with Crippen LogP contribution in [0.25, 0.3) is 0 Å². The fourth-order valence-corrected chi connectivity index (χ4v) is 3.41. The van der Waals surface area contributed by atoms with E-state index in [-0.39, 0.29) is 22.8 Å². The van der Waals surface area contributed by atoms with Crippen LogP contribution in [0, 0.1) is 17.0 Å². The van der Waals surface area contributed by atoms with E-state index in [9.17, 15) is 23.3 Å². The van der Waals surface area contributed by atoms with Crippen LogP contribution in [0.3, 0.4) is 0 Å². The Kier molecular flexibility index (Phi) is 6.06. The second-order valence-electron chi connectivity index (χ2n) is 5.47. The first-order valence-corrected chi connectivity index (χ1v) is 9.23. The summed E-state index contributed by atoms with van der Waals surface area (Å²) in [6.07, 6.45) is 0. The molecule has 26 heavy (non-hydrogen) atoms. The summed E-state index contributed by atoms with van der Waals surface area (Å²) < 4.78 is 32.4. The third kappa shape index (κ3) is 4.64. The molecule has 1 atom stereocenters. The molecule has 0 aliphatic rings. The molecule has 0 heterocycles. The number of esters is 1. The topological polar surface area (TPSA) is 116 Å². The van der Waals surface area contributed by atoms with Gasteiger partial charge in [0.25, 0.3) is 5.69 Å². The molecule has 1 N–H and O–H groups in total. The lowest BCUT2D eigenvalue weighted by Gasteiger charge is -2.18. The van der Waals surface area contributed by atoms with Gasteiger partial charge in [-0.2, -0.15) is 4.72 Å². The number of nitrogens with zero attached hydrogens (tertiary/aromatic N) is 1. The molecule has 138 valence electrons. The Morgan fingerprint density at radius 2 is 1.88 bits per heavy atom. The number of nitrogens with one attached hydrogen (secondary N) is 1. The van der Waals surface area contributed by atoms with Crippen molar-refractivity contribution >= 4 is 21.7 Å². The largest absolute Gasteiger partial charge is 0.465 e. The van der Waals surface area contributed by atoms with E-state index in [1.54, 1.807) is 19.1 Å². The first-order chi connectivity index (χ1) is 12.2. The molecule has 0 spiro atoms. The van der Waals surface area contributed by atoms with Gasteiger partial charge in [-0.05, 0) is 31.5 Å². The fraction of sp³-hybridized carbons (Fsp3) is 0.235. The number of carbonyl (C=O) groups excluding carboxylic acids is 1. The van der Waals surface area contributed by atoms with Crippen LogP contribution < -0.4 is 4.72 Å². The van der Waals surface area contributed by atoms with E-state index >= 15 is 0 Å². The third-order valence-electron chi connectivity index (χ3n) is 3.54. The van der Waals surface area contributed by atoms with Crippen LogP contribution in [0.2, 0.25) is 0 Å². The van der Waals surface area contributed by atoms with Crippen LogP contribution >= 0.6 is 0 Å². The summed E-state index contributed by atoms with van der Waals surface area (Å²) in [5.41, 5.74) is 0.740. The first kappa shape index (κ1) is 19.5. The zero-order chi connectivity index (χ0) is 19.3. The van der Waals surface area contributed by atoms with Gasteiger partial charge in [0, 0.05) is 12.1 Å². The zero-order valence-corrected chi connectivity index (χ0v) is 15.0. The number of sulfonamides is 1. The number of benzene rings is 2. The van der Waals surface area contributed by atoms with Crippen LogP contribution in [-0.2, 0) is 19.6 Å². The third-order valence-corrected chi connectivity index (χ3v) is 4.98. The van der Waals surface area contributed by atoms with E-state index in [0.717, 1.165) is 11.6 Å². The predicted molar refractivity (Wildman–Crippen MR) is 94.0 cm³/mol. The Balaban J connectivity index is 2.42. The molecule has 0 unspecified atom stereocenters. The monoisotopic (exact) mass is 378 g/mol. The molecule has 0 radical (unpaired) electrons. The molecule has 0 amide bonds. The van der Waals surface area contributed by atoms with E-state index in [0.29, 0.717) is 0 Å². The van der Waals surface area contributed by atoms with Gasteiger partial charge in [-0.15, -0.1) is 0 Å². The molecular weight excluding hydrogens is 360 g/mol.